The summed E-state index contributed by atoms with van der Waals surface area (Å²) < 4.78 is 0. The van der Waals surface area contributed by atoms with E-state index in [1.54, 1.807) is 13.2 Å². The molecule has 1 atom stereocenters. The zero-order chi connectivity index (χ0) is 20.1. The van der Waals surface area contributed by atoms with Crippen molar-refractivity contribution in [2.75, 3.05) is 38.1 Å². The van der Waals surface area contributed by atoms with Crippen molar-refractivity contribution in [2.24, 2.45) is 0 Å². The molecule has 0 spiro atoms. The van der Waals surface area contributed by atoms with Gasteiger partial charge in [-0.3, -0.25) is 14.7 Å². The molecule has 1 aromatic carbocycles. The lowest BCUT2D eigenvalue weighted by Crippen LogP contribution is -2.54. The Labute approximate surface area is 174 Å². The number of likely N-dealkylation sites (tertiary alicyclic amines) is 1. The van der Waals surface area contributed by atoms with Crippen LogP contribution in [0, 0.1) is 0 Å². The zero-order valence-corrected chi connectivity index (χ0v) is 17.4. The summed E-state index contributed by atoms with van der Waals surface area (Å²) in [6.07, 6.45) is 7.52. The van der Waals surface area contributed by atoms with E-state index in [1.165, 1.54) is 30.5 Å². The molecule has 1 unspecified atom stereocenters. The summed E-state index contributed by atoms with van der Waals surface area (Å²) in [6, 6.07) is 14.7. The van der Waals surface area contributed by atoms with Gasteiger partial charge in [0.25, 0.3) is 0 Å². The lowest BCUT2D eigenvalue weighted by Gasteiger charge is -2.41. The number of hydrogen-bond acceptors (Lipinski definition) is 4. The van der Waals surface area contributed by atoms with Crippen LogP contribution in [0.2, 0.25) is 0 Å². The fourth-order valence-corrected chi connectivity index (χ4v) is 5.00. The minimum absolute atomic E-state index is 0.0743. The van der Waals surface area contributed by atoms with Crippen LogP contribution >= 0.6 is 0 Å². The second-order valence-corrected chi connectivity index (χ2v) is 8.37. The number of pyridine rings is 1. The molecule has 3 heterocycles. The Kier molecular flexibility index (Phi) is 6.14. The molecular formula is C24H32N4O. The number of likely N-dealkylation sites (N-methyl/N-ethyl adjacent to an activating group) is 1. The highest BCUT2D eigenvalue weighted by molar-refractivity contribution is 5.88. The highest BCUT2D eigenvalue weighted by atomic mass is 16.2. The van der Waals surface area contributed by atoms with Crippen LogP contribution in [-0.4, -0.2) is 49.0 Å². The predicted octanol–water partition coefficient (Wildman–Crippen LogP) is 3.35. The molecule has 0 radical (unpaired) electrons. The Morgan fingerprint density at radius 2 is 1.83 bits per heavy atom. The Bertz CT molecular complexity index is 819. The second kappa shape index (κ2) is 8.95. The Morgan fingerprint density at radius 1 is 1.03 bits per heavy atom. The first-order valence-corrected chi connectivity index (χ1v) is 10.9. The number of amides is 1. The van der Waals surface area contributed by atoms with Crippen LogP contribution in [-0.2, 0) is 16.8 Å². The average Bonchev–Trinajstić information content (AvgIpc) is 2.80. The van der Waals surface area contributed by atoms with Crippen molar-refractivity contribution in [1.82, 2.24) is 15.2 Å². The summed E-state index contributed by atoms with van der Waals surface area (Å²) in [6.45, 7) is 4.89. The van der Waals surface area contributed by atoms with Crippen LogP contribution in [0.4, 0.5) is 5.69 Å². The number of nitrogens with zero attached hydrogens (tertiary/aromatic N) is 3. The summed E-state index contributed by atoms with van der Waals surface area (Å²) in [7, 11) is 1.73. The predicted molar refractivity (Wildman–Crippen MR) is 117 cm³/mol. The summed E-state index contributed by atoms with van der Waals surface area (Å²) in [5.74, 6) is 0.0743. The van der Waals surface area contributed by atoms with Gasteiger partial charge in [-0.1, -0.05) is 24.3 Å². The van der Waals surface area contributed by atoms with Gasteiger partial charge in [0.2, 0.25) is 5.91 Å². The fraction of sp³-hybridized carbons (Fsp3) is 0.500. The molecule has 154 valence electrons. The molecule has 1 N–H and O–H groups in total. The minimum Gasteiger partial charge on any atom is -0.371 e. The molecule has 2 fully saturated rings. The van der Waals surface area contributed by atoms with Gasteiger partial charge in [-0.05, 0) is 62.4 Å². The Morgan fingerprint density at radius 3 is 2.59 bits per heavy atom. The molecule has 0 aliphatic carbocycles. The van der Waals surface area contributed by atoms with Gasteiger partial charge in [0.15, 0.2) is 0 Å². The molecule has 1 amide bonds. The normalized spacial score (nSPS) is 23.0. The smallest absolute Gasteiger partial charge is 0.233 e. The summed E-state index contributed by atoms with van der Waals surface area (Å²) >= 11 is 0. The topological polar surface area (TPSA) is 48.5 Å². The maximum absolute atomic E-state index is 13.0. The number of anilines is 1. The van der Waals surface area contributed by atoms with Gasteiger partial charge in [0.05, 0.1) is 5.69 Å². The van der Waals surface area contributed by atoms with E-state index in [0.717, 1.165) is 44.7 Å². The van der Waals surface area contributed by atoms with Crippen LogP contribution in [0.3, 0.4) is 0 Å². The van der Waals surface area contributed by atoms with Crippen molar-refractivity contribution < 1.29 is 4.79 Å². The number of carbonyl (C=O) groups excluding carboxylic acids is 1. The molecule has 2 aliphatic rings. The van der Waals surface area contributed by atoms with E-state index < -0.39 is 5.41 Å². The van der Waals surface area contributed by atoms with Crippen molar-refractivity contribution in [3.05, 3.63) is 59.9 Å². The second-order valence-electron chi connectivity index (χ2n) is 8.37. The van der Waals surface area contributed by atoms with E-state index in [-0.39, 0.29) is 5.91 Å². The number of benzene rings is 1. The lowest BCUT2D eigenvalue weighted by molar-refractivity contribution is -0.128. The number of nitrogens with one attached hydrogen (secondary N) is 1. The van der Waals surface area contributed by atoms with Gasteiger partial charge in [-0.2, -0.15) is 0 Å². The summed E-state index contributed by atoms with van der Waals surface area (Å²) in [5, 5.41) is 2.91. The zero-order valence-electron chi connectivity index (χ0n) is 17.4. The average molecular weight is 393 g/mol. The van der Waals surface area contributed by atoms with E-state index in [9.17, 15) is 4.79 Å². The first-order chi connectivity index (χ1) is 14.2. The molecule has 2 aliphatic heterocycles. The SMILES string of the molecule is CNC(=O)C1(c2ccccn2)CCCN(Cc2ccccc2N2CCCCC2)C1. The fourth-order valence-electron chi connectivity index (χ4n) is 5.00. The number of hydrogen-bond donors (Lipinski definition) is 1. The van der Waals surface area contributed by atoms with Crippen LogP contribution in [0.5, 0.6) is 0 Å². The number of piperidine rings is 2. The van der Waals surface area contributed by atoms with Crippen LogP contribution in [0.1, 0.15) is 43.4 Å². The Balaban J connectivity index is 1.58. The number of rotatable bonds is 5. The minimum atomic E-state index is -0.575. The third kappa shape index (κ3) is 4.15. The van der Waals surface area contributed by atoms with E-state index >= 15 is 0 Å². The van der Waals surface area contributed by atoms with Crippen molar-refractivity contribution >= 4 is 11.6 Å². The first kappa shape index (κ1) is 19.9. The number of carbonyl (C=O) groups is 1. The van der Waals surface area contributed by atoms with E-state index in [0.29, 0.717) is 6.54 Å². The maximum atomic E-state index is 13.0. The monoisotopic (exact) mass is 392 g/mol. The molecule has 29 heavy (non-hydrogen) atoms. The third-order valence-corrected chi connectivity index (χ3v) is 6.47. The molecule has 4 rings (SSSR count). The van der Waals surface area contributed by atoms with Gasteiger partial charge in [-0.15, -0.1) is 0 Å². The molecule has 2 aromatic rings. The summed E-state index contributed by atoms with van der Waals surface area (Å²) in [4.78, 5) is 22.6. The van der Waals surface area contributed by atoms with Crippen LogP contribution < -0.4 is 10.2 Å². The maximum Gasteiger partial charge on any atom is 0.233 e. The molecule has 0 saturated carbocycles. The first-order valence-electron chi connectivity index (χ1n) is 10.9. The highest BCUT2D eigenvalue weighted by Crippen LogP contribution is 2.35. The number of para-hydroxylation sites is 1. The van der Waals surface area contributed by atoms with E-state index in [1.807, 2.05) is 18.2 Å². The lowest BCUT2D eigenvalue weighted by atomic mass is 9.75. The summed E-state index contributed by atoms with van der Waals surface area (Å²) in [5.41, 5.74) is 3.03. The van der Waals surface area contributed by atoms with Crippen molar-refractivity contribution in [3.63, 3.8) is 0 Å². The van der Waals surface area contributed by atoms with Gasteiger partial charge < -0.3 is 10.2 Å². The molecule has 5 heteroatoms. The van der Waals surface area contributed by atoms with Crippen molar-refractivity contribution in [1.29, 1.82) is 0 Å². The highest BCUT2D eigenvalue weighted by Gasteiger charge is 2.44. The van der Waals surface area contributed by atoms with Crippen molar-refractivity contribution in [2.45, 2.75) is 44.1 Å². The van der Waals surface area contributed by atoms with Crippen molar-refractivity contribution in [3.8, 4) is 0 Å². The molecule has 1 aromatic heterocycles. The third-order valence-electron chi connectivity index (χ3n) is 6.47. The largest absolute Gasteiger partial charge is 0.371 e. The molecular weight excluding hydrogens is 360 g/mol. The quantitative estimate of drug-likeness (QED) is 0.848. The van der Waals surface area contributed by atoms with E-state index in [2.05, 4.69) is 44.4 Å². The van der Waals surface area contributed by atoms with Gasteiger partial charge >= 0.3 is 0 Å². The molecule has 2 saturated heterocycles. The molecule has 5 nitrogen and oxygen atoms in total. The van der Waals surface area contributed by atoms with E-state index in [4.69, 9.17) is 0 Å². The molecule has 0 bridgehead atoms. The Hall–Kier alpha value is -2.40. The van der Waals surface area contributed by atoms with Gasteiger partial charge in [0, 0.05) is 45.1 Å². The van der Waals surface area contributed by atoms with Gasteiger partial charge in [-0.25, -0.2) is 0 Å². The standard InChI is InChI=1S/C24H32N4O/c1-25-23(29)24(22-12-5-6-14-26-22)13-9-15-27(19-24)18-20-10-3-4-11-21(20)28-16-7-2-8-17-28/h3-6,10-12,14H,2,7-9,13,15-19H2,1H3,(H,25,29). The van der Waals surface area contributed by atoms with Crippen LogP contribution in [0.25, 0.3) is 0 Å². The number of aromatic nitrogens is 1. The van der Waals surface area contributed by atoms with Gasteiger partial charge in [0.1, 0.15) is 5.41 Å². The van der Waals surface area contributed by atoms with Crippen LogP contribution in [0.15, 0.2) is 48.7 Å².